The zero-order valence-electron chi connectivity index (χ0n) is 17.6. The van der Waals surface area contributed by atoms with Gasteiger partial charge in [0.15, 0.2) is 5.65 Å². The number of hydrogen-bond acceptors (Lipinski definition) is 7. The van der Waals surface area contributed by atoms with Gasteiger partial charge in [-0.25, -0.2) is 32.6 Å². The van der Waals surface area contributed by atoms with E-state index in [-0.39, 0.29) is 36.7 Å². The van der Waals surface area contributed by atoms with Crippen LogP contribution in [0, 0.1) is 5.92 Å². The molecule has 1 fully saturated rings. The van der Waals surface area contributed by atoms with Crippen molar-refractivity contribution in [2.24, 2.45) is 10.3 Å². The number of fused-ring (bicyclic) bond motifs is 1. The van der Waals surface area contributed by atoms with Crippen LogP contribution in [0.15, 0.2) is 35.1 Å². The molecule has 4 rings (SSSR count). The van der Waals surface area contributed by atoms with Crippen LogP contribution in [-0.4, -0.2) is 66.6 Å². The van der Waals surface area contributed by atoms with Crippen molar-refractivity contribution < 1.29 is 26.2 Å². The van der Waals surface area contributed by atoms with Crippen molar-refractivity contribution in [1.29, 1.82) is 0 Å². The lowest BCUT2D eigenvalue weighted by molar-refractivity contribution is -0.177. The Labute approximate surface area is 186 Å². The van der Waals surface area contributed by atoms with Crippen LogP contribution in [-0.2, 0) is 9.73 Å². The van der Waals surface area contributed by atoms with Crippen LogP contribution in [0.1, 0.15) is 18.5 Å². The Morgan fingerprint density at radius 3 is 2.58 bits per heavy atom. The summed E-state index contributed by atoms with van der Waals surface area (Å²) in [6.07, 6.45) is -2.18. The predicted molar refractivity (Wildman–Crippen MR) is 112 cm³/mol. The van der Waals surface area contributed by atoms with Crippen molar-refractivity contribution >= 4 is 21.2 Å². The first-order chi connectivity index (χ1) is 15.4. The maximum absolute atomic E-state index is 13.6. The second-order valence-corrected chi connectivity index (χ2v) is 10.6. The molecule has 178 valence electrons. The quantitative estimate of drug-likeness (QED) is 0.521. The Morgan fingerprint density at radius 2 is 1.91 bits per heavy atom. The summed E-state index contributed by atoms with van der Waals surface area (Å²) in [6.45, 7) is -0.246. The lowest BCUT2D eigenvalue weighted by Crippen LogP contribution is -2.48. The van der Waals surface area contributed by atoms with Gasteiger partial charge >= 0.3 is 6.18 Å². The van der Waals surface area contributed by atoms with E-state index < -0.39 is 40.0 Å². The van der Waals surface area contributed by atoms with Crippen molar-refractivity contribution in [2.75, 3.05) is 30.5 Å². The summed E-state index contributed by atoms with van der Waals surface area (Å²) in [7, 11) is -2.61. The molecule has 33 heavy (non-hydrogen) atoms. The van der Waals surface area contributed by atoms with Gasteiger partial charge in [-0.1, -0.05) is 0 Å². The Morgan fingerprint density at radius 1 is 1.15 bits per heavy atom. The highest BCUT2D eigenvalue weighted by Gasteiger charge is 2.45. The first-order valence-corrected chi connectivity index (χ1v) is 12.2. The van der Waals surface area contributed by atoms with Crippen LogP contribution in [0.5, 0.6) is 0 Å². The van der Waals surface area contributed by atoms with Crippen molar-refractivity contribution in [3.05, 3.63) is 36.4 Å². The van der Waals surface area contributed by atoms with Crippen molar-refractivity contribution in [3.8, 4) is 11.4 Å². The zero-order valence-corrected chi connectivity index (χ0v) is 18.4. The van der Waals surface area contributed by atoms with Gasteiger partial charge in [0.05, 0.1) is 23.9 Å². The summed E-state index contributed by atoms with van der Waals surface area (Å²) < 4.78 is 84.2. The van der Waals surface area contributed by atoms with Gasteiger partial charge in [-0.2, -0.15) is 18.3 Å². The monoisotopic (exact) mass is 489 g/mol. The van der Waals surface area contributed by atoms with Gasteiger partial charge in [0.2, 0.25) is 0 Å². The van der Waals surface area contributed by atoms with Crippen LogP contribution in [0.25, 0.3) is 17.0 Å². The molecular weight excluding hydrogens is 469 g/mol. The topological polar surface area (TPSA) is 88.6 Å². The molecule has 3 aromatic rings. The fourth-order valence-electron chi connectivity index (χ4n) is 3.77. The summed E-state index contributed by atoms with van der Waals surface area (Å²) in [6, 6.07) is 3.21. The fourth-order valence-corrected chi connectivity index (χ4v) is 4.64. The second kappa shape index (κ2) is 8.47. The van der Waals surface area contributed by atoms with E-state index in [0.29, 0.717) is 5.65 Å². The minimum Gasteiger partial charge on any atom is -0.354 e. The number of hydrogen-bond donors (Lipinski definition) is 0. The number of aromatic nitrogens is 5. The molecule has 0 radical (unpaired) electrons. The maximum atomic E-state index is 13.6. The number of imidazole rings is 1. The maximum Gasteiger partial charge on any atom is 0.393 e. The third kappa shape index (κ3) is 5.20. The molecule has 0 bridgehead atoms. The van der Waals surface area contributed by atoms with E-state index in [1.807, 2.05) is 0 Å². The minimum atomic E-state index is -4.46. The first-order valence-electron chi connectivity index (χ1n) is 9.84. The lowest BCUT2D eigenvalue weighted by atomic mass is 9.94. The van der Waals surface area contributed by atoms with Gasteiger partial charge in [-0.15, -0.1) is 0 Å². The Hall–Kier alpha value is -2.90. The molecule has 0 aliphatic carbocycles. The Balaban J connectivity index is 1.71. The molecule has 0 saturated carbocycles. The van der Waals surface area contributed by atoms with Gasteiger partial charge in [0.25, 0.3) is 6.43 Å². The molecule has 1 saturated heterocycles. The van der Waals surface area contributed by atoms with Crippen LogP contribution >= 0.6 is 0 Å². The molecule has 1 aliphatic rings. The van der Waals surface area contributed by atoms with Crippen molar-refractivity contribution in [2.45, 2.75) is 25.1 Å². The second-order valence-electron chi connectivity index (χ2n) is 8.05. The minimum absolute atomic E-state index is 0.0998. The van der Waals surface area contributed by atoms with Gasteiger partial charge in [-0.05, 0) is 18.6 Å². The molecule has 8 nitrogen and oxygen atoms in total. The lowest BCUT2D eigenvalue weighted by Gasteiger charge is -2.37. The molecule has 0 aromatic carbocycles. The number of alkyl halides is 5. The van der Waals surface area contributed by atoms with Crippen LogP contribution < -0.4 is 4.90 Å². The molecule has 14 heteroatoms. The summed E-state index contributed by atoms with van der Waals surface area (Å²) >= 11 is 0. The zero-order chi connectivity index (χ0) is 24.0. The summed E-state index contributed by atoms with van der Waals surface area (Å²) in [4.78, 5) is 13.8. The smallest absolute Gasteiger partial charge is 0.354 e. The Kier molecular flexibility index (Phi) is 5.97. The van der Waals surface area contributed by atoms with Crippen LogP contribution in [0.4, 0.5) is 27.8 Å². The number of halogens is 5. The molecule has 0 N–H and O–H groups in total. The van der Waals surface area contributed by atoms with E-state index in [9.17, 15) is 26.2 Å². The van der Waals surface area contributed by atoms with Gasteiger partial charge in [-0.3, -0.25) is 4.21 Å². The molecule has 2 unspecified atom stereocenters. The molecule has 0 spiro atoms. The summed E-state index contributed by atoms with van der Waals surface area (Å²) in [5, 5.41) is 3.88. The van der Waals surface area contributed by atoms with Crippen molar-refractivity contribution in [1.82, 2.24) is 24.6 Å². The first kappa shape index (κ1) is 23.3. The fraction of sp³-hybridized carbons (Fsp3) is 0.474. The molecule has 4 heterocycles. The molecule has 2 atom stereocenters. The summed E-state index contributed by atoms with van der Waals surface area (Å²) in [5.74, 6) is -1.47. The van der Waals surface area contributed by atoms with E-state index in [0.717, 1.165) is 6.07 Å². The Bertz CT molecular complexity index is 1280. The SMILES string of the molecule is CS(C)(=O)=NC1CC(C(F)(F)F)CN(c2cc(-c3cnc4ccc(C(F)F)nn34)ncn2)C1. The average Bonchev–Trinajstić information content (AvgIpc) is 3.15. The van der Waals surface area contributed by atoms with E-state index in [2.05, 4.69) is 24.4 Å². The molecular formula is C19H20F5N7OS. The number of nitrogens with zero attached hydrogens (tertiary/aromatic N) is 7. The highest BCUT2D eigenvalue weighted by atomic mass is 32.2. The van der Waals surface area contributed by atoms with Gasteiger partial charge < -0.3 is 4.90 Å². The number of piperidine rings is 1. The van der Waals surface area contributed by atoms with Gasteiger partial charge in [0, 0.05) is 41.4 Å². The number of rotatable bonds is 4. The average molecular weight is 489 g/mol. The van der Waals surface area contributed by atoms with E-state index in [1.54, 1.807) is 0 Å². The van der Waals surface area contributed by atoms with Gasteiger partial charge in [0.1, 0.15) is 23.5 Å². The molecule has 3 aromatic heterocycles. The molecule has 0 amide bonds. The third-order valence-electron chi connectivity index (χ3n) is 5.14. The largest absolute Gasteiger partial charge is 0.393 e. The highest BCUT2D eigenvalue weighted by Crippen LogP contribution is 2.36. The predicted octanol–water partition coefficient (Wildman–Crippen LogP) is 3.61. The number of anilines is 1. The van der Waals surface area contributed by atoms with Crippen LogP contribution in [0.2, 0.25) is 0 Å². The third-order valence-corrected chi connectivity index (χ3v) is 5.95. The standard InChI is InChI=1S/C19H20F5N7OS/c1-33(2,32)29-12-5-11(19(22,23)24)8-30(9-12)17-6-14(26-10-27-17)15-7-25-16-4-3-13(18(20)21)28-31(15)16/h3-4,6-7,10-12,18H,5,8-9H2,1-2H3. The summed E-state index contributed by atoms with van der Waals surface area (Å²) in [5.41, 5.74) is 0.396. The van der Waals surface area contributed by atoms with E-state index in [1.165, 1.54) is 46.6 Å². The molecule has 1 aliphatic heterocycles. The van der Waals surface area contributed by atoms with E-state index in [4.69, 9.17) is 0 Å². The highest BCUT2D eigenvalue weighted by molar-refractivity contribution is 7.92. The van der Waals surface area contributed by atoms with Crippen LogP contribution in [0.3, 0.4) is 0 Å². The van der Waals surface area contributed by atoms with Crippen molar-refractivity contribution in [3.63, 3.8) is 0 Å². The normalized spacial score (nSPS) is 19.9. The van der Waals surface area contributed by atoms with E-state index >= 15 is 0 Å².